The highest BCUT2D eigenvalue weighted by atomic mass is 16.5. The molecule has 3 nitrogen and oxygen atoms in total. The number of likely N-dealkylation sites (N-methyl/N-ethyl adjacent to an activating group) is 1. The van der Waals surface area contributed by atoms with Gasteiger partial charge >= 0.3 is 0 Å². The van der Waals surface area contributed by atoms with Crippen LogP contribution < -0.4 is 0 Å². The Morgan fingerprint density at radius 3 is 2.31 bits per heavy atom. The van der Waals surface area contributed by atoms with Crippen molar-refractivity contribution in [2.45, 2.75) is 45.8 Å². The maximum atomic E-state index is 11.7. The zero-order valence-electron chi connectivity index (χ0n) is 9.55. The van der Waals surface area contributed by atoms with E-state index in [-0.39, 0.29) is 17.6 Å². The number of carbonyl (C=O) groups excluding carboxylic acids is 1. The highest BCUT2D eigenvalue weighted by Crippen LogP contribution is 2.17. The summed E-state index contributed by atoms with van der Waals surface area (Å²) < 4.78 is 4.98. The third-order valence-electron chi connectivity index (χ3n) is 2.81. The molecule has 0 saturated carbocycles. The smallest absolute Gasteiger partial charge is 0.251 e. The zero-order chi connectivity index (χ0) is 10.6. The zero-order valence-corrected chi connectivity index (χ0v) is 9.55. The number of ether oxygens (including phenoxy) is 1. The van der Waals surface area contributed by atoms with E-state index in [1.807, 2.05) is 20.9 Å². The molecule has 0 N–H and O–H groups in total. The molecule has 0 aromatic carbocycles. The van der Waals surface area contributed by atoms with Gasteiger partial charge < -0.3 is 9.64 Å². The van der Waals surface area contributed by atoms with E-state index in [2.05, 4.69) is 6.92 Å². The van der Waals surface area contributed by atoms with Crippen molar-refractivity contribution in [3.63, 3.8) is 0 Å². The average Bonchev–Trinajstić information content (AvgIpc) is 2.14. The first-order valence-electron chi connectivity index (χ1n) is 4.67. The standard InChI is InChI=1S/C10H21NO2/c1-7-10(3,4)11(5)9(12)8(2)13-6/h8H,7H2,1-6H3. The van der Waals surface area contributed by atoms with Crippen LogP contribution in [0.15, 0.2) is 0 Å². The van der Waals surface area contributed by atoms with E-state index in [0.717, 1.165) is 6.42 Å². The van der Waals surface area contributed by atoms with Crippen molar-refractivity contribution in [3.05, 3.63) is 0 Å². The predicted octanol–water partition coefficient (Wildman–Crippen LogP) is 1.67. The third kappa shape index (κ3) is 2.99. The number of methoxy groups -OCH3 is 1. The minimum absolute atomic E-state index is 0.0364. The topological polar surface area (TPSA) is 29.5 Å². The summed E-state index contributed by atoms with van der Waals surface area (Å²) in [4.78, 5) is 13.4. The molecule has 1 atom stereocenters. The number of hydrogen-bond donors (Lipinski definition) is 0. The highest BCUT2D eigenvalue weighted by Gasteiger charge is 2.28. The van der Waals surface area contributed by atoms with Crippen LogP contribution >= 0.6 is 0 Å². The Hall–Kier alpha value is -0.570. The molecule has 0 saturated heterocycles. The maximum Gasteiger partial charge on any atom is 0.251 e. The Morgan fingerprint density at radius 2 is 2.00 bits per heavy atom. The van der Waals surface area contributed by atoms with Crippen LogP contribution in [0.3, 0.4) is 0 Å². The van der Waals surface area contributed by atoms with Gasteiger partial charge in [0.15, 0.2) is 0 Å². The Bertz CT molecular complexity index is 178. The first kappa shape index (κ1) is 12.4. The molecule has 0 bridgehead atoms. The van der Waals surface area contributed by atoms with Crippen molar-refractivity contribution in [2.24, 2.45) is 0 Å². The second-order valence-corrected chi connectivity index (χ2v) is 3.94. The molecule has 3 heteroatoms. The van der Waals surface area contributed by atoms with E-state index in [0.29, 0.717) is 0 Å². The number of hydrogen-bond acceptors (Lipinski definition) is 2. The minimum atomic E-state index is -0.351. The molecule has 78 valence electrons. The van der Waals surface area contributed by atoms with Crippen LogP contribution in [0.4, 0.5) is 0 Å². The molecule has 0 spiro atoms. The van der Waals surface area contributed by atoms with Gasteiger partial charge in [0, 0.05) is 19.7 Å². The van der Waals surface area contributed by atoms with Gasteiger partial charge in [-0.05, 0) is 27.2 Å². The fraction of sp³-hybridized carbons (Fsp3) is 0.900. The third-order valence-corrected chi connectivity index (χ3v) is 2.81. The van der Waals surface area contributed by atoms with Crippen molar-refractivity contribution in [3.8, 4) is 0 Å². The van der Waals surface area contributed by atoms with Crippen LogP contribution in [0.1, 0.15) is 34.1 Å². The summed E-state index contributed by atoms with van der Waals surface area (Å²) in [7, 11) is 3.37. The summed E-state index contributed by atoms with van der Waals surface area (Å²) in [6.07, 6.45) is 0.585. The Morgan fingerprint density at radius 1 is 1.54 bits per heavy atom. The molecule has 0 rings (SSSR count). The van der Waals surface area contributed by atoms with Crippen LogP contribution in [0.5, 0.6) is 0 Å². The fourth-order valence-electron chi connectivity index (χ4n) is 0.909. The van der Waals surface area contributed by atoms with E-state index in [4.69, 9.17) is 4.74 Å². The second kappa shape index (κ2) is 4.61. The molecule has 0 radical (unpaired) electrons. The van der Waals surface area contributed by atoms with Crippen LogP contribution in [0.2, 0.25) is 0 Å². The predicted molar refractivity (Wildman–Crippen MR) is 53.6 cm³/mol. The van der Waals surface area contributed by atoms with Gasteiger partial charge in [0.05, 0.1) is 0 Å². The first-order chi connectivity index (χ1) is 5.86. The van der Waals surface area contributed by atoms with Gasteiger partial charge in [0.2, 0.25) is 0 Å². The van der Waals surface area contributed by atoms with E-state index >= 15 is 0 Å². The summed E-state index contributed by atoms with van der Waals surface area (Å²) in [5.74, 6) is 0.0364. The molecule has 0 aliphatic heterocycles. The van der Waals surface area contributed by atoms with E-state index < -0.39 is 0 Å². The maximum absolute atomic E-state index is 11.7. The normalized spacial score (nSPS) is 14.0. The molecule has 1 amide bonds. The lowest BCUT2D eigenvalue weighted by molar-refractivity contribution is -0.144. The summed E-state index contributed by atoms with van der Waals surface area (Å²) >= 11 is 0. The highest BCUT2D eigenvalue weighted by molar-refractivity contribution is 5.80. The van der Waals surface area contributed by atoms with Crippen LogP contribution in [-0.2, 0) is 9.53 Å². The lowest BCUT2D eigenvalue weighted by Gasteiger charge is -2.36. The number of nitrogens with zero attached hydrogens (tertiary/aromatic N) is 1. The lowest BCUT2D eigenvalue weighted by atomic mass is 9.99. The number of carbonyl (C=O) groups is 1. The quantitative estimate of drug-likeness (QED) is 0.670. The molecular formula is C10H21NO2. The SMILES string of the molecule is CCC(C)(C)N(C)C(=O)C(C)OC. The second-order valence-electron chi connectivity index (χ2n) is 3.94. The van der Waals surface area contributed by atoms with Gasteiger partial charge in [0.25, 0.3) is 5.91 Å². The first-order valence-corrected chi connectivity index (χ1v) is 4.67. The van der Waals surface area contributed by atoms with Crippen LogP contribution in [-0.4, -0.2) is 36.6 Å². The molecular weight excluding hydrogens is 166 g/mol. The van der Waals surface area contributed by atoms with Crippen molar-refractivity contribution >= 4 is 5.91 Å². The summed E-state index contributed by atoms with van der Waals surface area (Å²) in [5.41, 5.74) is -0.0934. The van der Waals surface area contributed by atoms with Crippen molar-refractivity contribution in [1.29, 1.82) is 0 Å². The van der Waals surface area contributed by atoms with Gasteiger partial charge in [-0.2, -0.15) is 0 Å². The van der Waals surface area contributed by atoms with Gasteiger partial charge in [-0.3, -0.25) is 4.79 Å². The Labute approximate surface area is 81.1 Å². The Balaban J connectivity index is 4.42. The molecule has 0 fully saturated rings. The summed E-state index contributed by atoms with van der Waals surface area (Å²) in [5, 5.41) is 0. The van der Waals surface area contributed by atoms with Crippen molar-refractivity contribution < 1.29 is 9.53 Å². The molecule has 1 unspecified atom stereocenters. The van der Waals surface area contributed by atoms with E-state index in [9.17, 15) is 4.79 Å². The summed E-state index contributed by atoms with van der Waals surface area (Å²) in [6.45, 7) is 7.94. The fourth-order valence-corrected chi connectivity index (χ4v) is 0.909. The van der Waals surface area contributed by atoms with Crippen molar-refractivity contribution in [2.75, 3.05) is 14.2 Å². The molecule has 0 aromatic heterocycles. The lowest BCUT2D eigenvalue weighted by Crippen LogP contribution is -2.48. The Kier molecular flexibility index (Phi) is 4.40. The van der Waals surface area contributed by atoms with Crippen molar-refractivity contribution in [1.82, 2.24) is 4.90 Å². The average molecular weight is 187 g/mol. The molecule has 0 aromatic rings. The largest absolute Gasteiger partial charge is 0.372 e. The molecule has 0 heterocycles. The van der Waals surface area contributed by atoms with Gasteiger partial charge in [-0.25, -0.2) is 0 Å². The molecule has 0 aliphatic rings. The van der Waals surface area contributed by atoms with E-state index in [1.54, 1.807) is 18.9 Å². The number of amides is 1. The van der Waals surface area contributed by atoms with Gasteiger partial charge in [-0.15, -0.1) is 0 Å². The monoisotopic (exact) mass is 187 g/mol. The molecule has 0 aliphatic carbocycles. The van der Waals surface area contributed by atoms with Gasteiger partial charge in [0.1, 0.15) is 6.10 Å². The molecule has 13 heavy (non-hydrogen) atoms. The summed E-state index contributed by atoms with van der Waals surface area (Å²) in [6, 6.07) is 0. The van der Waals surface area contributed by atoms with E-state index in [1.165, 1.54) is 0 Å². The van der Waals surface area contributed by atoms with Gasteiger partial charge in [-0.1, -0.05) is 6.92 Å². The van der Waals surface area contributed by atoms with Crippen LogP contribution in [0.25, 0.3) is 0 Å². The van der Waals surface area contributed by atoms with Crippen LogP contribution in [0, 0.1) is 0 Å². The number of rotatable bonds is 4. The minimum Gasteiger partial charge on any atom is -0.372 e.